The van der Waals surface area contributed by atoms with Crippen LogP contribution in [0, 0.1) is 5.82 Å². The Bertz CT molecular complexity index is 381. The predicted octanol–water partition coefficient (Wildman–Crippen LogP) is 2.30. The lowest BCUT2D eigenvalue weighted by molar-refractivity contribution is 0.227. The van der Waals surface area contributed by atoms with Crippen molar-refractivity contribution >= 4 is 11.4 Å². The molecule has 1 aromatic rings. The highest BCUT2D eigenvalue weighted by Crippen LogP contribution is 2.22. The Hall–Kier alpha value is -1.29. The van der Waals surface area contributed by atoms with E-state index in [1.165, 1.54) is 18.6 Å². The molecule has 0 radical (unpaired) electrons. The zero-order valence-corrected chi connectivity index (χ0v) is 10.2. The van der Waals surface area contributed by atoms with Gasteiger partial charge >= 0.3 is 0 Å². The lowest BCUT2D eigenvalue weighted by Gasteiger charge is -2.33. The first kappa shape index (κ1) is 12.2. The molecule has 3 nitrogen and oxygen atoms in total. The van der Waals surface area contributed by atoms with Crippen LogP contribution in [-0.4, -0.2) is 30.6 Å². The summed E-state index contributed by atoms with van der Waals surface area (Å²) < 4.78 is 13.1. The van der Waals surface area contributed by atoms with E-state index in [4.69, 9.17) is 5.73 Å². The molecule has 1 saturated heterocycles. The van der Waals surface area contributed by atoms with Crippen LogP contribution in [0.15, 0.2) is 18.2 Å². The number of benzene rings is 1. The Labute approximate surface area is 102 Å². The number of piperidine rings is 1. The predicted molar refractivity (Wildman–Crippen MR) is 69.6 cm³/mol. The van der Waals surface area contributed by atoms with E-state index in [0.717, 1.165) is 26.1 Å². The molecule has 1 aliphatic rings. The quantitative estimate of drug-likeness (QED) is 0.793. The number of hydrogen-bond acceptors (Lipinski definition) is 3. The molecule has 94 valence electrons. The minimum atomic E-state index is -0.246. The molecule has 0 amide bonds. The summed E-state index contributed by atoms with van der Waals surface area (Å²) in [5.74, 6) is -0.246. The fraction of sp³-hybridized carbons (Fsp3) is 0.538. The van der Waals surface area contributed by atoms with Crippen molar-refractivity contribution < 1.29 is 4.39 Å². The Morgan fingerprint density at radius 1 is 1.53 bits per heavy atom. The van der Waals surface area contributed by atoms with Crippen LogP contribution in [0.25, 0.3) is 0 Å². The lowest BCUT2D eigenvalue weighted by atomic mass is 10.1. The summed E-state index contributed by atoms with van der Waals surface area (Å²) in [5.41, 5.74) is 7.16. The second-order valence-corrected chi connectivity index (χ2v) is 4.61. The van der Waals surface area contributed by atoms with Crippen LogP contribution in [0.5, 0.6) is 0 Å². The summed E-state index contributed by atoms with van der Waals surface area (Å²) in [5, 5.41) is 3.35. The van der Waals surface area contributed by atoms with Crippen molar-refractivity contribution in [3.8, 4) is 0 Å². The van der Waals surface area contributed by atoms with Crippen molar-refractivity contribution in [1.29, 1.82) is 0 Å². The molecular formula is C13H20FN3. The number of halogens is 1. The largest absolute Gasteiger partial charge is 0.397 e. The maximum Gasteiger partial charge on any atom is 0.125 e. The number of hydrogen-bond donors (Lipinski definition) is 2. The third kappa shape index (κ3) is 3.09. The Morgan fingerprint density at radius 2 is 2.35 bits per heavy atom. The van der Waals surface area contributed by atoms with E-state index in [2.05, 4.69) is 17.1 Å². The molecule has 1 aromatic carbocycles. The van der Waals surface area contributed by atoms with Gasteiger partial charge in [-0.15, -0.1) is 0 Å². The van der Waals surface area contributed by atoms with Gasteiger partial charge in [-0.1, -0.05) is 6.92 Å². The highest BCUT2D eigenvalue weighted by atomic mass is 19.1. The molecule has 0 aliphatic carbocycles. The zero-order chi connectivity index (χ0) is 12.3. The van der Waals surface area contributed by atoms with Crippen molar-refractivity contribution in [2.24, 2.45) is 0 Å². The van der Waals surface area contributed by atoms with Crippen LogP contribution in [0.4, 0.5) is 15.8 Å². The molecule has 0 spiro atoms. The number of likely N-dealkylation sites (tertiary alicyclic amines) is 1. The molecule has 2 rings (SSSR count). The number of anilines is 2. The Kier molecular flexibility index (Phi) is 3.84. The minimum absolute atomic E-state index is 0.246. The van der Waals surface area contributed by atoms with Crippen molar-refractivity contribution in [2.75, 3.05) is 30.7 Å². The van der Waals surface area contributed by atoms with Crippen LogP contribution in [0.1, 0.15) is 19.8 Å². The van der Waals surface area contributed by atoms with Crippen molar-refractivity contribution in [3.05, 3.63) is 24.0 Å². The van der Waals surface area contributed by atoms with Gasteiger partial charge in [-0.05, 0) is 44.1 Å². The zero-order valence-electron chi connectivity index (χ0n) is 10.2. The fourth-order valence-electron chi connectivity index (χ4n) is 2.33. The average Bonchev–Trinajstić information content (AvgIpc) is 2.34. The molecule has 3 N–H and O–H groups in total. The summed E-state index contributed by atoms with van der Waals surface area (Å²) in [6, 6.07) is 4.84. The van der Waals surface area contributed by atoms with Crippen LogP contribution >= 0.6 is 0 Å². The summed E-state index contributed by atoms with van der Waals surface area (Å²) in [6.45, 7) is 5.40. The number of nitrogens with two attached hydrogens (primary N) is 1. The van der Waals surface area contributed by atoms with Gasteiger partial charge in [-0.2, -0.15) is 0 Å². The number of nitrogens with zero attached hydrogens (tertiary/aromatic N) is 1. The molecule has 4 heteroatoms. The molecule has 0 saturated carbocycles. The summed E-state index contributed by atoms with van der Waals surface area (Å²) in [7, 11) is 0. The molecule has 0 bridgehead atoms. The SMILES string of the molecule is CCN1CCCC(Nc2cc(F)ccc2N)C1. The van der Waals surface area contributed by atoms with Gasteiger partial charge in [0.1, 0.15) is 5.82 Å². The summed E-state index contributed by atoms with van der Waals surface area (Å²) >= 11 is 0. The number of nitrogens with one attached hydrogen (secondary N) is 1. The smallest absolute Gasteiger partial charge is 0.125 e. The Morgan fingerprint density at radius 3 is 3.12 bits per heavy atom. The van der Waals surface area contributed by atoms with Crippen LogP contribution in [0.2, 0.25) is 0 Å². The number of likely N-dealkylation sites (N-methyl/N-ethyl adjacent to an activating group) is 1. The third-order valence-electron chi connectivity index (χ3n) is 3.33. The average molecular weight is 237 g/mol. The fourth-order valence-corrected chi connectivity index (χ4v) is 2.33. The van der Waals surface area contributed by atoms with E-state index in [9.17, 15) is 4.39 Å². The summed E-state index contributed by atoms with van der Waals surface area (Å²) in [4.78, 5) is 2.40. The van der Waals surface area contributed by atoms with Gasteiger partial charge in [0, 0.05) is 12.6 Å². The van der Waals surface area contributed by atoms with E-state index in [1.807, 2.05) is 0 Å². The van der Waals surface area contributed by atoms with Gasteiger partial charge in [-0.25, -0.2) is 4.39 Å². The van der Waals surface area contributed by atoms with Gasteiger partial charge in [0.15, 0.2) is 0 Å². The molecule has 1 atom stereocenters. The molecule has 1 heterocycles. The minimum Gasteiger partial charge on any atom is -0.397 e. The number of rotatable bonds is 3. The van der Waals surface area contributed by atoms with Gasteiger partial charge < -0.3 is 16.0 Å². The third-order valence-corrected chi connectivity index (χ3v) is 3.33. The first-order valence-electron chi connectivity index (χ1n) is 6.23. The highest BCUT2D eigenvalue weighted by Gasteiger charge is 2.19. The molecular weight excluding hydrogens is 217 g/mol. The van der Waals surface area contributed by atoms with E-state index in [-0.39, 0.29) is 5.82 Å². The lowest BCUT2D eigenvalue weighted by Crippen LogP contribution is -2.41. The number of nitrogen functional groups attached to an aromatic ring is 1. The second kappa shape index (κ2) is 5.36. The normalized spacial score (nSPS) is 21.4. The maximum absolute atomic E-state index is 13.1. The van der Waals surface area contributed by atoms with Crippen molar-refractivity contribution in [1.82, 2.24) is 4.90 Å². The topological polar surface area (TPSA) is 41.3 Å². The molecule has 1 aliphatic heterocycles. The van der Waals surface area contributed by atoms with E-state index in [1.54, 1.807) is 6.07 Å². The van der Waals surface area contributed by atoms with Crippen molar-refractivity contribution in [3.63, 3.8) is 0 Å². The van der Waals surface area contributed by atoms with Crippen LogP contribution in [-0.2, 0) is 0 Å². The van der Waals surface area contributed by atoms with Gasteiger partial charge in [0.2, 0.25) is 0 Å². The second-order valence-electron chi connectivity index (χ2n) is 4.61. The molecule has 17 heavy (non-hydrogen) atoms. The van der Waals surface area contributed by atoms with E-state index < -0.39 is 0 Å². The molecule has 1 unspecified atom stereocenters. The molecule has 0 aromatic heterocycles. The van der Waals surface area contributed by atoms with Gasteiger partial charge in [0.05, 0.1) is 11.4 Å². The Balaban J connectivity index is 2.02. The van der Waals surface area contributed by atoms with E-state index >= 15 is 0 Å². The maximum atomic E-state index is 13.1. The van der Waals surface area contributed by atoms with Crippen LogP contribution < -0.4 is 11.1 Å². The van der Waals surface area contributed by atoms with Crippen molar-refractivity contribution in [2.45, 2.75) is 25.8 Å². The standard InChI is InChI=1S/C13H20FN3/c1-2-17-7-3-4-11(9-17)16-13-8-10(14)5-6-12(13)15/h5-6,8,11,16H,2-4,7,9,15H2,1H3. The van der Waals surface area contributed by atoms with Gasteiger partial charge in [-0.3, -0.25) is 0 Å². The highest BCUT2D eigenvalue weighted by molar-refractivity contribution is 5.66. The van der Waals surface area contributed by atoms with E-state index in [0.29, 0.717) is 17.4 Å². The van der Waals surface area contributed by atoms with Gasteiger partial charge in [0.25, 0.3) is 0 Å². The summed E-state index contributed by atoms with van der Waals surface area (Å²) in [6.07, 6.45) is 2.30. The first-order chi connectivity index (χ1) is 8.19. The van der Waals surface area contributed by atoms with Crippen LogP contribution in [0.3, 0.4) is 0 Å². The monoisotopic (exact) mass is 237 g/mol. The molecule has 1 fully saturated rings. The first-order valence-corrected chi connectivity index (χ1v) is 6.23.